The van der Waals surface area contributed by atoms with Gasteiger partial charge < -0.3 is 10.6 Å². The van der Waals surface area contributed by atoms with Crippen LogP contribution in [0, 0.1) is 6.92 Å². The second-order valence-corrected chi connectivity index (χ2v) is 6.31. The summed E-state index contributed by atoms with van der Waals surface area (Å²) in [6.07, 6.45) is 1.58. The van der Waals surface area contributed by atoms with E-state index >= 15 is 0 Å². The van der Waals surface area contributed by atoms with E-state index in [1.807, 2.05) is 48.2 Å². The highest BCUT2D eigenvalue weighted by atomic mass is 16.2. The zero-order valence-corrected chi connectivity index (χ0v) is 14.3. The van der Waals surface area contributed by atoms with Gasteiger partial charge in [-0.2, -0.15) is 0 Å². The van der Waals surface area contributed by atoms with E-state index in [9.17, 15) is 9.59 Å². The van der Waals surface area contributed by atoms with Crippen molar-refractivity contribution < 1.29 is 9.59 Å². The maximum atomic E-state index is 12.7. The van der Waals surface area contributed by atoms with Crippen LogP contribution in [0.25, 0.3) is 0 Å². The lowest BCUT2D eigenvalue weighted by Gasteiger charge is -2.40. The van der Waals surface area contributed by atoms with Crippen molar-refractivity contribution in [1.29, 1.82) is 0 Å². The number of piperazine rings is 1. The van der Waals surface area contributed by atoms with Crippen LogP contribution in [0.4, 0.5) is 0 Å². The standard InChI is InChI=1S/C19H22N4O2/c1-14-7-8-16(11-21-14)19(25)23-10-9-22(17(13-23)18(20)24)12-15-5-3-2-4-6-15/h2-8,11,17H,9-10,12-13H2,1H3,(H2,20,24)/t17-/m1/s1. The Bertz CT molecular complexity index is 746. The Morgan fingerprint density at radius 2 is 1.92 bits per heavy atom. The molecule has 130 valence electrons. The normalized spacial score (nSPS) is 18.1. The molecule has 25 heavy (non-hydrogen) atoms. The lowest BCUT2D eigenvalue weighted by molar-refractivity contribution is -0.125. The second-order valence-electron chi connectivity index (χ2n) is 6.31. The minimum absolute atomic E-state index is 0.113. The van der Waals surface area contributed by atoms with Crippen molar-refractivity contribution in [2.45, 2.75) is 19.5 Å². The lowest BCUT2D eigenvalue weighted by atomic mass is 10.1. The number of carbonyl (C=O) groups excluding carboxylic acids is 2. The number of pyridine rings is 1. The Labute approximate surface area is 147 Å². The number of hydrogen-bond acceptors (Lipinski definition) is 4. The molecule has 2 amide bonds. The summed E-state index contributed by atoms with van der Waals surface area (Å²) in [5, 5.41) is 0. The smallest absolute Gasteiger partial charge is 0.255 e. The summed E-state index contributed by atoms with van der Waals surface area (Å²) in [6.45, 7) is 3.98. The largest absolute Gasteiger partial charge is 0.368 e. The Morgan fingerprint density at radius 3 is 2.56 bits per heavy atom. The quantitative estimate of drug-likeness (QED) is 0.908. The molecule has 1 aromatic carbocycles. The number of hydrogen-bond donors (Lipinski definition) is 1. The molecular formula is C19H22N4O2. The number of carbonyl (C=O) groups is 2. The van der Waals surface area contributed by atoms with Crippen LogP contribution in [0.3, 0.4) is 0 Å². The molecule has 3 rings (SSSR count). The summed E-state index contributed by atoms with van der Waals surface area (Å²) < 4.78 is 0. The second kappa shape index (κ2) is 7.44. The predicted molar refractivity (Wildman–Crippen MR) is 94.7 cm³/mol. The first kappa shape index (κ1) is 17.1. The number of primary amides is 1. The van der Waals surface area contributed by atoms with Crippen molar-refractivity contribution >= 4 is 11.8 Å². The van der Waals surface area contributed by atoms with E-state index in [2.05, 4.69) is 4.98 Å². The van der Waals surface area contributed by atoms with E-state index in [1.165, 1.54) is 0 Å². The van der Waals surface area contributed by atoms with Gasteiger partial charge in [-0.3, -0.25) is 19.5 Å². The zero-order valence-electron chi connectivity index (χ0n) is 14.3. The van der Waals surface area contributed by atoms with Gasteiger partial charge in [-0.1, -0.05) is 30.3 Å². The molecule has 6 nitrogen and oxygen atoms in total. The predicted octanol–water partition coefficient (Wildman–Crippen LogP) is 1.20. The summed E-state index contributed by atoms with van der Waals surface area (Å²) in [5.74, 6) is -0.520. The van der Waals surface area contributed by atoms with Crippen molar-refractivity contribution in [2.24, 2.45) is 5.73 Å². The van der Waals surface area contributed by atoms with Gasteiger partial charge in [-0.05, 0) is 24.6 Å². The third-order valence-electron chi connectivity index (χ3n) is 4.49. The molecule has 1 atom stereocenters. The summed E-state index contributed by atoms with van der Waals surface area (Å²) in [5.41, 5.74) is 8.12. The number of amides is 2. The minimum Gasteiger partial charge on any atom is -0.368 e. The fraction of sp³-hybridized carbons (Fsp3) is 0.316. The fourth-order valence-corrected chi connectivity index (χ4v) is 3.06. The number of aromatic nitrogens is 1. The molecule has 2 N–H and O–H groups in total. The summed E-state index contributed by atoms with van der Waals surface area (Å²) >= 11 is 0. The van der Waals surface area contributed by atoms with Crippen LogP contribution < -0.4 is 5.73 Å². The molecule has 0 bridgehead atoms. The summed E-state index contributed by atoms with van der Waals surface area (Å²) in [6, 6.07) is 13.0. The number of rotatable bonds is 4. The molecule has 0 spiro atoms. The number of nitrogens with two attached hydrogens (primary N) is 1. The van der Waals surface area contributed by atoms with Crippen molar-refractivity contribution in [2.75, 3.05) is 19.6 Å². The first-order valence-electron chi connectivity index (χ1n) is 8.34. The minimum atomic E-state index is -0.490. The van der Waals surface area contributed by atoms with E-state index in [0.29, 0.717) is 31.7 Å². The van der Waals surface area contributed by atoms with Crippen LogP contribution >= 0.6 is 0 Å². The Kier molecular flexibility index (Phi) is 5.09. The molecule has 1 aliphatic heterocycles. The Morgan fingerprint density at radius 1 is 1.16 bits per heavy atom. The maximum absolute atomic E-state index is 12.7. The van der Waals surface area contributed by atoms with Crippen LogP contribution in [0.5, 0.6) is 0 Å². The van der Waals surface area contributed by atoms with Gasteiger partial charge in [0.05, 0.1) is 5.56 Å². The van der Waals surface area contributed by atoms with E-state index in [1.54, 1.807) is 17.2 Å². The molecule has 2 aromatic rings. The molecule has 0 radical (unpaired) electrons. The topological polar surface area (TPSA) is 79.5 Å². The van der Waals surface area contributed by atoms with Crippen LogP contribution in [0.15, 0.2) is 48.7 Å². The summed E-state index contributed by atoms with van der Waals surface area (Å²) in [7, 11) is 0. The average molecular weight is 338 g/mol. The van der Waals surface area contributed by atoms with E-state index in [4.69, 9.17) is 5.73 Å². The molecule has 0 saturated carbocycles. The van der Waals surface area contributed by atoms with Gasteiger partial charge in [0.15, 0.2) is 0 Å². The molecule has 6 heteroatoms. The molecule has 1 fully saturated rings. The van der Waals surface area contributed by atoms with Crippen LogP contribution in [0.2, 0.25) is 0 Å². The molecule has 1 aromatic heterocycles. The van der Waals surface area contributed by atoms with Gasteiger partial charge in [-0.15, -0.1) is 0 Å². The number of aryl methyl sites for hydroxylation is 1. The highest BCUT2D eigenvalue weighted by molar-refractivity contribution is 5.94. The van der Waals surface area contributed by atoms with Gasteiger partial charge >= 0.3 is 0 Å². The van der Waals surface area contributed by atoms with Crippen molar-refractivity contribution in [3.8, 4) is 0 Å². The van der Waals surface area contributed by atoms with Crippen LogP contribution in [-0.4, -0.2) is 52.3 Å². The first-order chi connectivity index (χ1) is 12.0. The fourth-order valence-electron chi connectivity index (χ4n) is 3.06. The average Bonchev–Trinajstić information content (AvgIpc) is 2.63. The molecule has 0 aliphatic carbocycles. The van der Waals surface area contributed by atoms with Crippen molar-refractivity contribution in [1.82, 2.24) is 14.8 Å². The van der Waals surface area contributed by atoms with E-state index in [-0.39, 0.29) is 5.91 Å². The summed E-state index contributed by atoms with van der Waals surface area (Å²) in [4.78, 5) is 32.5. The Hall–Kier alpha value is -2.73. The zero-order chi connectivity index (χ0) is 17.8. The molecule has 1 aliphatic rings. The molecule has 2 heterocycles. The molecular weight excluding hydrogens is 316 g/mol. The van der Waals surface area contributed by atoms with Crippen LogP contribution in [0.1, 0.15) is 21.6 Å². The van der Waals surface area contributed by atoms with Gasteiger partial charge in [-0.25, -0.2) is 0 Å². The molecule has 1 saturated heterocycles. The third kappa shape index (κ3) is 4.03. The van der Waals surface area contributed by atoms with Gasteiger partial charge in [0.1, 0.15) is 6.04 Å². The number of nitrogens with zero attached hydrogens (tertiary/aromatic N) is 3. The SMILES string of the molecule is Cc1ccc(C(=O)N2CCN(Cc3ccccc3)[C@@H](C(N)=O)C2)cn1. The third-order valence-corrected chi connectivity index (χ3v) is 4.49. The highest BCUT2D eigenvalue weighted by Crippen LogP contribution is 2.16. The molecule has 0 unspecified atom stereocenters. The van der Waals surface area contributed by atoms with Gasteiger partial charge in [0.25, 0.3) is 5.91 Å². The lowest BCUT2D eigenvalue weighted by Crippen LogP contribution is -2.58. The van der Waals surface area contributed by atoms with Crippen molar-refractivity contribution in [3.63, 3.8) is 0 Å². The van der Waals surface area contributed by atoms with E-state index in [0.717, 1.165) is 11.3 Å². The Balaban J connectivity index is 1.71. The monoisotopic (exact) mass is 338 g/mol. The van der Waals surface area contributed by atoms with Crippen LogP contribution in [-0.2, 0) is 11.3 Å². The highest BCUT2D eigenvalue weighted by Gasteiger charge is 2.33. The maximum Gasteiger partial charge on any atom is 0.255 e. The van der Waals surface area contributed by atoms with Crippen molar-refractivity contribution in [3.05, 3.63) is 65.5 Å². The van der Waals surface area contributed by atoms with E-state index < -0.39 is 11.9 Å². The number of benzene rings is 1. The first-order valence-corrected chi connectivity index (χ1v) is 8.34. The van der Waals surface area contributed by atoms with Gasteiger partial charge in [0, 0.05) is 38.1 Å². The van der Waals surface area contributed by atoms with Gasteiger partial charge in [0.2, 0.25) is 5.91 Å².